The van der Waals surface area contributed by atoms with Crippen molar-refractivity contribution in [1.29, 1.82) is 0 Å². The fraction of sp³-hybridized carbons (Fsp3) is 0.188. The summed E-state index contributed by atoms with van der Waals surface area (Å²) in [5.74, 6) is -1.07. The lowest BCUT2D eigenvalue weighted by molar-refractivity contribution is 0.0936. The molecule has 104 valence electrons. The third-order valence-corrected chi connectivity index (χ3v) is 3.34. The van der Waals surface area contributed by atoms with Gasteiger partial charge in [0.1, 0.15) is 5.82 Å². The largest absolute Gasteiger partial charge is 0.345 e. The third-order valence-electron chi connectivity index (χ3n) is 3.10. The Bertz CT molecular complexity index is 625. The molecule has 1 amide bonds. The molecule has 1 unspecified atom stereocenters. The number of carbonyl (C=O) groups is 1. The molecule has 2 nitrogen and oxygen atoms in total. The zero-order valence-corrected chi connectivity index (χ0v) is 12.0. The maximum atomic E-state index is 13.7. The van der Waals surface area contributed by atoms with E-state index in [1.165, 1.54) is 12.1 Å². The molecule has 1 atom stereocenters. The van der Waals surface area contributed by atoms with Crippen LogP contribution in [0.15, 0.2) is 42.5 Å². The lowest BCUT2D eigenvalue weighted by Crippen LogP contribution is -2.27. The first kappa shape index (κ1) is 14.5. The van der Waals surface area contributed by atoms with Crippen molar-refractivity contribution < 1.29 is 9.18 Å². The summed E-state index contributed by atoms with van der Waals surface area (Å²) in [4.78, 5) is 12.0. The van der Waals surface area contributed by atoms with Crippen molar-refractivity contribution in [3.8, 4) is 0 Å². The second-order valence-corrected chi connectivity index (χ2v) is 5.17. The van der Waals surface area contributed by atoms with Gasteiger partial charge in [-0.2, -0.15) is 0 Å². The fourth-order valence-corrected chi connectivity index (χ4v) is 2.05. The Morgan fingerprint density at radius 2 is 1.85 bits per heavy atom. The Balaban J connectivity index is 2.13. The van der Waals surface area contributed by atoms with Crippen molar-refractivity contribution in [3.63, 3.8) is 0 Å². The number of nitrogens with one attached hydrogen (secondary N) is 1. The van der Waals surface area contributed by atoms with E-state index < -0.39 is 11.7 Å². The van der Waals surface area contributed by atoms with Crippen LogP contribution in [0.1, 0.15) is 34.5 Å². The number of benzene rings is 2. The van der Waals surface area contributed by atoms with Gasteiger partial charge in [0, 0.05) is 5.02 Å². The maximum absolute atomic E-state index is 13.7. The van der Waals surface area contributed by atoms with Gasteiger partial charge >= 0.3 is 0 Å². The summed E-state index contributed by atoms with van der Waals surface area (Å²) in [5, 5.41) is 3.04. The number of carbonyl (C=O) groups excluding carboxylic acids is 1. The molecular weight excluding hydrogens is 277 g/mol. The molecular formula is C16H15ClFNO. The summed E-state index contributed by atoms with van der Waals surface area (Å²) < 4.78 is 13.7. The highest BCUT2D eigenvalue weighted by atomic mass is 35.5. The minimum Gasteiger partial charge on any atom is -0.345 e. The molecule has 0 saturated heterocycles. The first-order chi connectivity index (χ1) is 9.47. The summed E-state index contributed by atoms with van der Waals surface area (Å²) in [6, 6.07) is 11.6. The van der Waals surface area contributed by atoms with Crippen LogP contribution < -0.4 is 5.32 Å². The molecule has 4 heteroatoms. The van der Waals surface area contributed by atoms with Crippen LogP contribution in [0.2, 0.25) is 5.02 Å². The number of aryl methyl sites for hydroxylation is 1. The van der Waals surface area contributed by atoms with Crippen LogP contribution in [0, 0.1) is 12.7 Å². The molecule has 0 fully saturated rings. The lowest BCUT2D eigenvalue weighted by atomic mass is 10.1. The van der Waals surface area contributed by atoms with E-state index in [1.54, 1.807) is 0 Å². The Morgan fingerprint density at radius 3 is 2.45 bits per heavy atom. The second kappa shape index (κ2) is 6.06. The molecule has 0 aliphatic heterocycles. The van der Waals surface area contributed by atoms with Gasteiger partial charge < -0.3 is 5.32 Å². The number of rotatable bonds is 3. The summed E-state index contributed by atoms with van der Waals surface area (Å²) >= 11 is 5.67. The summed E-state index contributed by atoms with van der Waals surface area (Å²) in [6.45, 7) is 3.85. The molecule has 0 aromatic heterocycles. The van der Waals surface area contributed by atoms with Crippen LogP contribution in [-0.4, -0.2) is 5.91 Å². The van der Waals surface area contributed by atoms with Crippen molar-refractivity contribution in [2.75, 3.05) is 0 Å². The van der Waals surface area contributed by atoms with Crippen molar-refractivity contribution in [1.82, 2.24) is 5.32 Å². The molecule has 1 N–H and O–H groups in total. The van der Waals surface area contributed by atoms with E-state index in [0.717, 1.165) is 17.2 Å². The van der Waals surface area contributed by atoms with Crippen molar-refractivity contribution in [3.05, 3.63) is 70.0 Å². The van der Waals surface area contributed by atoms with E-state index in [9.17, 15) is 9.18 Å². The van der Waals surface area contributed by atoms with E-state index in [2.05, 4.69) is 5.32 Å². The Kier molecular flexibility index (Phi) is 4.40. The molecule has 0 aliphatic rings. The molecule has 0 saturated carbocycles. The normalized spacial score (nSPS) is 12.0. The van der Waals surface area contributed by atoms with Gasteiger partial charge in [0.25, 0.3) is 5.91 Å². The zero-order valence-electron chi connectivity index (χ0n) is 11.3. The lowest BCUT2D eigenvalue weighted by Gasteiger charge is -2.15. The van der Waals surface area contributed by atoms with Crippen molar-refractivity contribution in [2.45, 2.75) is 19.9 Å². The molecule has 2 aromatic rings. The van der Waals surface area contributed by atoms with E-state index in [1.807, 2.05) is 38.1 Å². The maximum Gasteiger partial charge on any atom is 0.254 e. The van der Waals surface area contributed by atoms with Gasteiger partial charge in [-0.05, 0) is 37.6 Å². The Labute approximate surface area is 122 Å². The number of hydrogen-bond acceptors (Lipinski definition) is 1. The monoisotopic (exact) mass is 291 g/mol. The van der Waals surface area contributed by atoms with E-state index in [0.29, 0.717) is 0 Å². The third kappa shape index (κ3) is 3.36. The van der Waals surface area contributed by atoms with Crippen LogP contribution >= 0.6 is 11.6 Å². The number of hydrogen-bond donors (Lipinski definition) is 1. The average molecular weight is 292 g/mol. The highest BCUT2D eigenvalue weighted by molar-refractivity contribution is 6.30. The molecule has 0 heterocycles. The van der Waals surface area contributed by atoms with Gasteiger partial charge in [-0.25, -0.2) is 4.39 Å². The first-order valence-corrected chi connectivity index (χ1v) is 6.67. The minimum atomic E-state index is -0.619. The van der Waals surface area contributed by atoms with Gasteiger partial charge in [-0.3, -0.25) is 4.79 Å². The van der Waals surface area contributed by atoms with Crippen LogP contribution in [0.25, 0.3) is 0 Å². The van der Waals surface area contributed by atoms with Crippen LogP contribution in [-0.2, 0) is 0 Å². The standard InChI is InChI=1S/C16H15ClFNO/c1-10-3-5-12(6-4-10)11(2)19-16(20)14-8-7-13(17)9-15(14)18/h3-9,11H,1-2H3,(H,19,20). The molecule has 0 bridgehead atoms. The highest BCUT2D eigenvalue weighted by Gasteiger charge is 2.15. The highest BCUT2D eigenvalue weighted by Crippen LogP contribution is 2.17. The molecule has 0 spiro atoms. The summed E-state index contributed by atoms with van der Waals surface area (Å²) in [6.07, 6.45) is 0. The van der Waals surface area contributed by atoms with Crippen molar-refractivity contribution >= 4 is 17.5 Å². The summed E-state index contributed by atoms with van der Waals surface area (Å²) in [7, 11) is 0. The van der Waals surface area contributed by atoms with E-state index in [-0.39, 0.29) is 16.6 Å². The van der Waals surface area contributed by atoms with Crippen LogP contribution in [0.3, 0.4) is 0 Å². The summed E-state index contributed by atoms with van der Waals surface area (Å²) in [5.41, 5.74) is 2.11. The molecule has 2 rings (SSSR count). The predicted molar refractivity (Wildman–Crippen MR) is 78.5 cm³/mol. The van der Waals surface area contributed by atoms with Crippen molar-refractivity contribution in [2.24, 2.45) is 0 Å². The van der Waals surface area contributed by atoms with Gasteiger partial charge in [-0.1, -0.05) is 41.4 Å². The van der Waals surface area contributed by atoms with Crippen LogP contribution in [0.5, 0.6) is 0 Å². The first-order valence-electron chi connectivity index (χ1n) is 6.30. The number of amides is 1. The zero-order chi connectivity index (χ0) is 14.7. The molecule has 20 heavy (non-hydrogen) atoms. The quantitative estimate of drug-likeness (QED) is 0.898. The molecule has 2 aromatic carbocycles. The van der Waals surface area contributed by atoms with Gasteiger partial charge in [-0.15, -0.1) is 0 Å². The van der Waals surface area contributed by atoms with Gasteiger partial charge in [0.15, 0.2) is 0 Å². The minimum absolute atomic E-state index is 0.00615. The Morgan fingerprint density at radius 1 is 1.20 bits per heavy atom. The number of halogens is 2. The Hall–Kier alpha value is -1.87. The van der Waals surface area contributed by atoms with Gasteiger partial charge in [0.2, 0.25) is 0 Å². The van der Waals surface area contributed by atoms with E-state index >= 15 is 0 Å². The predicted octanol–water partition coefficient (Wildman–Crippen LogP) is 4.28. The molecule has 0 aliphatic carbocycles. The second-order valence-electron chi connectivity index (χ2n) is 4.73. The van der Waals surface area contributed by atoms with E-state index in [4.69, 9.17) is 11.6 Å². The average Bonchev–Trinajstić information content (AvgIpc) is 2.39. The topological polar surface area (TPSA) is 29.1 Å². The molecule has 0 radical (unpaired) electrons. The van der Waals surface area contributed by atoms with Gasteiger partial charge in [0.05, 0.1) is 11.6 Å². The van der Waals surface area contributed by atoms with Crippen LogP contribution in [0.4, 0.5) is 4.39 Å². The fourth-order valence-electron chi connectivity index (χ4n) is 1.89. The SMILES string of the molecule is Cc1ccc(C(C)NC(=O)c2ccc(Cl)cc2F)cc1. The smallest absolute Gasteiger partial charge is 0.254 e.